The number of ether oxygens (including phenoxy) is 2. The minimum Gasteiger partial charge on any atom is -0.497 e. The molecule has 98 valence electrons. The lowest BCUT2D eigenvalue weighted by molar-refractivity contribution is 0.0443. The van der Waals surface area contributed by atoms with Crippen LogP contribution in [0.1, 0.15) is 19.4 Å². The van der Waals surface area contributed by atoms with Crippen LogP contribution in [-0.4, -0.2) is 24.9 Å². The van der Waals surface area contributed by atoms with Gasteiger partial charge >= 0.3 is 0 Å². The highest BCUT2D eigenvalue weighted by Crippen LogP contribution is 2.44. The predicted octanol–water partition coefficient (Wildman–Crippen LogP) is 2.54. The zero-order valence-electron chi connectivity index (χ0n) is 11.1. The van der Waals surface area contributed by atoms with Crippen molar-refractivity contribution in [3.05, 3.63) is 41.5 Å². The van der Waals surface area contributed by atoms with E-state index in [-0.39, 0.29) is 5.41 Å². The Hall–Kier alpha value is -1.32. The molecule has 1 unspecified atom stereocenters. The van der Waals surface area contributed by atoms with E-state index in [0.717, 1.165) is 16.9 Å². The highest BCUT2D eigenvalue weighted by molar-refractivity contribution is 5.39. The summed E-state index contributed by atoms with van der Waals surface area (Å²) in [6.07, 6.45) is 1.60. The Kier molecular flexibility index (Phi) is 3.73. The van der Waals surface area contributed by atoms with Crippen molar-refractivity contribution in [2.24, 2.45) is 5.41 Å². The zero-order chi connectivity index (χ0) is 13.2. The Morgan fingerprint density at radius 2 is 1.83 bits per heavy atom. The van der Waals surface area contributed by atoms with Gasteiger partial charge in [0, 0.05) is 5.41 Å². The molecule has 18 heavy (non-hydrogen) atoms. The van der Waals surface area contributed by atoms with Crippen LogP contribution in [0.5, 0.6) is 5.75 Å². The minimum atomic E-state index is -0.474. The van der Waals surface area contributed by atoms with E-state index in [2.05, 4.69) is 19.9 Å². The molecule has 0 bridgehead atoms. The standard InChI is InChI=1S/C15H20O3/c1-15(2)8-13(15)14(16)10-18-9-11-4-6-12(17-3)7-5-11/h4-8,14,16H,9-10H2,1-3H3. The van der Waals surface area contributed by atoms with Crippen LogP contribution in [-0.2, 0) is 11.3 Å². The lowest BCUT2D eigenvalue weighted by Gasteiger charge is -2.12. The molecule has 1 aromatic carbocycles. The van der Waals surface area contributed by atoms with Gasteiger partial charge < -0.3 is 14.6 Å². The van der Waals surface area contributed by atoms with Crippen molar-refractivity contribution in [1.29, 1.82) is 0 Å². The first-order valence-electron chi connectivity index (χ1n) is 6.15. The molecule has 1 aliphatic rings. The third-order valence-corrected chi connectivity index (χ3v) is 3.24. The van der Waals surface area contributed by atoms with Crippen molar-refractivity contribution in [2.45, 2.75) is 26.6 Å². The number of aliphatic hydroxyl groups is 1. The van der Waals surface area contributed by atoms with Crippen LogP contribution in [0.25, 0.3) is 0 Å². The van der Waals surface area contributed by atoms with Gasteiger partial charge in [-0.1, -0.05) is 32.1 Å². The maximum absolute atomic E-state index is 9.87. The van der Waals surface area contributed by atoms with E-state index in [0.29, 0.717) is 13.2 Å². The molecule has 1 aromatic rings. The first kappa shape index (κ1) is 13.1. The van der Waals surface area contributed by atoms with Gasteiger partial charge in [0.1, 0.15) is 5.75 Å². The zero-order valence-corrected chi connectivity index (χ0v) is 11.1. The fourth-order valence-corrected chi connectivity index (χ4v) is 1.98. The Labute approximate surface area is 108 Å². The van der Waals surface area contributed by atoms with Crippen molar-refractivity contribution in [3.63, 3.8) is 0 Å². The molecule has 0 aromatic heterocycles. The molecule has 0 amide bonds. The number of hydrogen-bond acceptors (Lipinski definition) is 3. The van der Waals surface area contributed by atoms with E-state index in [1.165, 1.54) is 0 Å². The second kappa shape index (κ2) is 5.12. The summed E-state index contributed by atoms with van der Waals surface area (Å²) >= 11 is 0. The summed E-state index contributed by atoms with van der Waals surface area (Å²) in [7, 11) is 1.65. The number of aliphatic hydroxyl groups excluding tert-OH is 1. The lowest BCUT2D eigenvalue weighted by atomic mass is 10.0. The van der Waals surface area contributed by atoms with Gasteiger partial charge in [-0.15, -0.1) is 0 Å². The van der Waals surface area contributed by atoms with Gasteiger partial charge in [0.05, 0.1) is 26.4 Å². The van der Waals surface area contributed by atoms with Gasteiger partial charge in [-0.25, -0.2) is 0 Å². The summed E-state index contributed by atoms with van der Waals surface area (Å²) in [6.45, 7) is 5.04. The molecule has 1 N–H and O–H groups in total. The Morgan fingerprint density at radius 3 is 2.33 bits per heavy atom. The topological polar surface area (TPSA) is 38.7 Å². The monoisotopic (exact) mass is 248 g/mol. The summed E-state index contributed by atoms with van der Waals surface area (Å²) in [6, 6.07) is 7.74. The van der Waals surface area contributed by atoms with Crippen LogP contribution in [0.3, 0.4) is 0 Å². The number of hydrogen-bond donors (Lipinski definition) is 1. The first-order valence-corrected chi connectivity index (χ1v) is 6.15. The number of benzene rings is 1. The van der Waals surface area contributed by atoms with Crippen LogP contribution < -0.4 is 4.74 Å². The van der Waals surface area contributed by atoms with Gasteiger partial charge in [-0.05, 0) is 23.3 Å². The third-order valence-electron chi connectivity index (χ3n) is 3.24. The molecule has 0 spiro atoms. The Morgan fingerprint density at radius 1 is 1.22 bits per heavy atom. The first-order chi connectivity index (χ1) is 8.53. The molecular formula is C15H20O3. The maximum atomic E-state index is 9.87. The smallest absolute Gasteiger partial charge is 0.118 e. The van der Waals surface area contributed by atoms with Gasteiger partial charge in [-0.2, -0.15) is 0 Å². The van der Waals surface area contributed by atoms with Gasteiger partial charge in [0.25, 0.3) is 0 Å². The molecule has 0 heterocycles. The summed E-state index contributed by atoms with van der Waals surface area (Å²) in [5, 5.41) is 9.87. The molecule has 0 fully saturated rings. The van der Waals surface area contributed by atoms with Crippen molar-refractivity contribution in [1.82, 2.24) is 0 Å². The highest BCUT2D eigenvalue weighted by Gasteiger charge is 2.38. The van der Waals surface area contributed by atoms with Gasteiger partial charge in [0.15, 0.2) is 0 Å². The summed E-state index contributed by atoms with van der Waals surface area (Å²) in [5.74, 6) is 0.837. The lowest BCUT2D eigenvalue weighted by Crippen LogP contribution is -2.17. The SMILES string of the molecule is COc1ccc(COCC(O)C2=CC2(C)C)cc1. The van der Waals surface area contributed by atoms with Crippen molar-refractivity contribution < 1.29 is 14.6 Å². The fourth-order valence-electron chi connectivity index (χ4n) is 1.98. The molecule has 0 saturated carbocycles. The van der Waals surface area contributed by atoms with Crippen LogP contribution in [0.2, 0.25) is 0 Å². The molecule has 0 saturated heterocycles. The molecule has 3 nitrogen and oxygen atoms in total. The minimum absolute atomic E-state index is 0.0862. The molecule has 0 radical (unpaired) electrons. The summed E-state index contributed by atoms with van der Waals surface area (Å²) in [4.78, 5) is 0. The maximum Gasteiger partial charge on any atom is 0.118 e. The largest absolute Gasteiger partial charge is 0.497 e. The molecule has 0 aliphatic heterocycles. The fraction of sp³-hybridized carbons (Fsp3) is 0.467. The number of allylic oxidation sites excluding steroid dienone is 1. The third kappa shape index (κ3) is 3.12. The van der Waals surface area contributed by atoms with Crippen LogP contribution in [0.4, 0.5) is 0 Å². The average Bonchev–Trinajstić information content (AvgIpc) is 2.99. The highest BCUT2D eigenvalue weighted by atomic mass is 16.5. The molecule has 1 atom stereocenters. The number of rotatable bonds is 6. The van der Waals surface area contributed by atoms with Crippen molar-refractivity contribution >= 4 is 0 Å². The number of methoxy groups -OCH3 is 1. The van der Waals surface area contributed by atoms with Crippen LogP contribution in [0.15, 0.2) is 35.9 Å². The Bertz CT molecular complexity index is 432. The van der Waals surface area contributed by atoms with Crippen LogP contribution in [0, 0.1) is 5.41 Å². The van der Waals surface area contributed by atoms with Gasteiger partial charge in [-0.3, -0.25) is 0 Å². The predicted molar refractivity (Wildman–Crippen MR) is 70.5 cm³/mol. The van der Waals surface area contributed by atoms with Crippen LogP contribution >= 0.6 is 0 Å². The Balaban J connectivity index is 1.73. The second-order valence-electron chi connectivity index (χ2n) is 5.20. The normalized spacial score (nSPS) is 18.1. The van der Waals surface area contributed by atoms with E-state index in [9.17, 15) is 5.11 Å². The summed E-state index contributed by atoms with van der Waals surface area (Å²) in [5.41, 5.74) is 2.24. The molecule has 3 heteroatoms. The van der Waals surface area contributed by atoms with Crippen molar-refractivity contribution in [3.8, 4) is 5.75 Å². The molecule has 2 rings (SSSR count). The van der Waals surface area contributed by atoms with E-state index in [4.69, 9.17) is 9.47 Å². The van der Waals surface area contributed by atoms with E-state index in [1.54, 1.807) is 7.11 Å². The summed E-state index contributed by atoms with van der Waals surface area (Å²) < 4.78 is 10.6. The van der Waals surface area contributed by atoms with E-state index >= 15 is 0 Å². The molecular weight excluding hydrogens is 228 g/mol. The average molecular weight is 248 g/mol. The second-order valence-corrected chi connectivity index (χ2v) is 5.20. The van der Waals surface area contributed by atoms with E-state index < -0.39 is 6.10 Å². The quantitative estimate of drug-likeness (QED) is 0.786. The molecule has 1 aliphatic carbocycles. The van der Waals surface area contributed by atoms with Crippen molar-refractivity contribution in [2.75, 3.05) is 13.7 Å². The van der Waals surface area contributed by atoms with Gasteiger partial charge in [0.2, 0.25) is 0 Å². The van der Waals surface area contributed by atoms with E-state index in [1.807, 2.05) is 24.3 Å².